The van der Waals surface area contributed by atoms with Gasteiger partial charge in [-0.05, 0) is 91.5 Å². The van der Waals surface area contributed by atoms with Gasteiger partial charge in [-0.15, -0.1) is 11.6 Å². The number of nitrogens with zero attached hydrogens (tertiary/aromatic N) is 4. The van der Waals surface area contributed by atoms with Crippen molar-refractivity contribution in [3.8, 4) is 5.75 Å². The number of alkyl halides is 1. The standard InChI is InChI=1S/C31H43ClN4O5/c1-10-39-29(38)31(8,9)41-28-20(2)15-23(16-21(28)3)17-35(19-27(37)40-30(5,6)7)18-26-22(4)33-36(34-26)25-13-11-24(32)12-14-25/h11,13-16,24H,10,12,17-19H2,1-9H3. The van der Waals surface area contributed by atoms with E-state index in [4.69, 9.17) is 30.9 Å². The van der Waals surface area contributed by atoms with Gasteiger partial charge >= 0.3 is 11.9 Å². The van der Waals surface area contributed by atoms with Crippen molar-refractivity contribution in [1.82, 2.24) is 19.9 Å². The van der Waals surface area contributed by atoms with Gasteiger partial charge in [0.1, 0.15) is 17.0 Å². The highest BCUT2D eigenvalue weighted by Gasteiger charge is 2.33. The van der Waals surface area contributed by atoms with E-state index in [0.717, 1.165) is 33.8 Å². The van der Waals surface area contributed by atoms with E-state index in [0.29, 0.717) is 25.3 Å². The number of halogens is 1. The lowest BCUT2D eigenvalue weighted by molar-refractivity contribution is -0.159. The molecule has 0 amide bonds. The molecule has 1 aromatic heterocycles. The number of benzene rings is 1. The number of rotatable bonds is 11. The molecular formula is C31H43ClN4O5. The van der Waals surface area contributed by atoms with Crippen molar-refractivity contribution in [2.24, 2.45) is 0 Å². The summed E-state index contributed by atoms with van der Waals surface area (Å²) in [6.45, 7) is 17.7. The number of hydrogen-bond acceptors (Lipinski definition) is 8. The molecule has 1 aliphatic carbocycles. The molecule has 3 rings (SSSR count). The van der Waals surface area contributed by atoms with Crippen LogP contribution in [-0.2, 0) is 32.2 Å². The van der Waals surface area contributed by atoms with Gasteiger partial charge in [0.15, 0.2) is 5.60 Å². The molecule has 1 atom stereocenters. The van der Waals surface area contributed by atoms with Crippen LogP contribution in [0.1, 0.15) is 76.0 Å². The van der Waals surface area contributed by atoms with Crippen LogP contribution in [0.4, 0.5) is 0 Å². The van der Waals surface area contributed by atoms with Crippen LogP contribution in [0.5, 0.6) is 5.75 Å². The quantitative estimate of drug-likeness (QED) is 0.245. The van der Waals surface area contributed by atoms with Crippen LogP contribution in [0.3, 0.4) is 0 Å². The molecule has 0 saturated carbocycles. The van der Waals surface area contributed by atoms with Gasteiger partial charge in [0, 0.05) is 13.1 Å². The van der Waals surface area contributed by atoms with Gasteiger partial charge < -0.3 is 14.2 Å². The Morgan fingerprint density at radius 3 is 2.29 bits per heavy atom. The van der Waals surface area contributed by atoms with Gasteiger partial charge in [-0.3, -0.25) is 9.69 Å². The third kappa shape index (κ3) is 9.16. The molecule has 0 saturated heterocycles. The Morgan fingerprint density at radius 2 is 1.73 bits per heavy atom. The summed E-state index contributed by atoms with van der Waals surface area (Å²) >= 11 is 6.18. The Hall–Kier alpha value is -3.17. The second-order valence-corrected chi connectivity index (χ2v) is 12.4. The van der Waals surface area contributed by atoms with Crippen molar-refractivity contribution in [3.05, 3.63) is 58.4 Å². The zero-order valence-electron chi connectivity index (χ0n) is 25.7. The third-order valence-corrected chi connectivity index (χ3v) is 6.66. The summed E-state index contributed by atoms with van der Waals surface area (Å²) in [5.41, 5.74) is 3.42. The normalized spacial score (nSPS) is 15.6. The maximum Gasteiger partial charge on any atom is 0.349 e. The largest absolute Gasteiger partial charge is 0.476 e. The molecular weight excluding hydrogens is 544 g/mol. The minimum Gasteiger partial charge on any atom is -0.476 e. The van der Waals surface area contributed by atoms with E-state index < -0.39 is 17.2 Å². The average Bonchev–Trinajstić information content (AvgIpc) is 3.20. The number of ether oxygens (including phenoxy) is 3. The van der Waals surface area contributed by atoms with Gasteiger partial charge in [0.25, 0.3) is 0 Å². The second-order valence-electron chi connectivity index (χ2n) is 11.9. The molecule has 41 heavy (non-hydrogen) atoms. The zero-order valence-corrected chi connectivity index (χ0v) is 26.5. The molecule has 0 N–H and O–H groups in total. The topological polar surface area (TPSA) is 95.8 Å². The van der Waals surface area contributed by atoms with Crippen LogP contribution in [0.2, 0.25) is 0 Å². The van der Waals surface area contributed by atoms with E-state index in [2.05, 4.69) is 5.10 Å². The highest BCUT2D eigenvalue weighted by atomic mass is 35.5. The van der Waals surface area contributed by atoms with Gasteiger partial charge in [-0.1, -0.05) is 24.3 Å². The number of allylic oxidation sites excluding steroid dienone is 4. The first-order chi connectivity index (χ1) is 19.1. The summed E-state index contributed by atoms with van der Waals surface area (Å²) in [7, 11) is 0. The first-order valence-corrected chi connectivity index (χ1v) is 14.4. The lowest BCUT2D eigenvalue weighted by Crippen LogP contribution is -2.40. The number of aryl methyl sites for hydroxylation is 3. The number of aromatic nitrogens is 3. The third-order valence-electron chi connectivity index (χ3n) is 6.33. The average molecular weight is 587 g/mol. The van der Waals surface area contributed by atoms with E-state index >= 15 is 0 Å². The highest BCUT2D eigenvalue weighted by Crippen LogP contribution is 2.30. The van der Waals surface area contributed by atoms with Crippen LogP contribution in [-0.4, -0.2) is 61.6 Å². The van der Waals surface area contributed by atoms with Crippen molar-refractivity contribution < 1.29 is 23.8 Å². The van der Waals surface area contributed by atoms with Gasteiger partial charge in [0.2, 0.25) is 0 Å². The van der Waals surface area contributed by atoms with Crippen molar-refractivity contribution in [2.75, 3.05) is 13.2 Å². The SMILES string of the molecule is CCOC(=O)C(C)(C)Oc1c(C)cc(CN(CC(=O)OC(C)(C)C)Cc2nn(C3=CCC(Cl)C=C3)nc2C)cc1C. The molecule has 224 valence electrons. The van der Waals surface area contributed by atoms with Crippen molar-refractivity contribution in [3.63, 3.8) is 0 Å². The minimum absolute atomic E-state index is 0.0286. The summed E-state index contributed by atoms with van der Waals surface area (Å²) in [5, 5.41) is 9.30. The first kappa shape index (κ1) is 32.3. The van der Waals surface area contributed by atoms with Crippen LogP contribution >= 0.6 is 11.6 Å². The molecule has 1 heterocycles. The molecule has 0 fully saturated rings. The molecule has 0 radical (unpaired) electrons. The van der Waals surface area contributed by atoms with E-state index in [1.54, 1.807) is 25.6 Å². The summed E-state index contributed by atoms with van der Waals surface area (Å²) in [4.78, 5) is 28.9. The fourth-order valence-electron chi connectivity index (χ4n) is 4.49. The molecule has 0 spiro atoms. The van der Waals surface area contributed by atoms with Gasteiger partial charge in [-0.25, -0.2) is 4.79 Å². The lowest BCUT2D eigenvalue weighted by Gasteiger charge is -2.27. The smallest absolute Gasteiger partial charge is 0.349 e. The summed E-state index contributed by atoms with van der Waals surface area (Å²) in [6, 6.07) is 4.02. The number of esters is 2. The Balaban J connectivity index is 1.86. The van der Waals surface area contributed by atoms with Crippen LogP contribution in [0, 0.1) is 20.8 Å². The van der Waals surface area contributed by atoms with Crippen molar-refractivity contribution in [1.29, 1.82) is 0 Å². The first-order valence-electron chi connectivity index (χ1n) is 13.9. The van der Waals surface area contributed by atoms with Crippen molar-refractivity contribution >= 4 is 29.2 Å². The fourth-order valence-corrected chi connectivity index (χ4v) is 4.65. The van der Waals surface area contributed by atoms with Gasteiger partial charge in [0.05, 0.1) is 29.9 Å². The molecule has 1 unspecified atom stereocenters. The Morgan fingerprint density at radius 1 is 1.07 bits per heavy atom. The molecule has 0 aliphatic heterocycles. The molecule has 10 heteroatoms. The van der Waals surface area contributed by atoms with E-state index in [-0.39, 0.29) is 24.5 Å². The molecule has 9 nitrogen and oxygen atoms in total. The number of carbonyl (C=O) groups excluding carboxylic acids is 2. The molecule has 0 bridgehead atoms. The predicted octanol–water partition coefficient (Wildman–Crippen LogP) is 5.68. The molecule has 1 aromatic carbocycles. The van der Waals surface area contributed by atoms with E-state index in [1.165, 1.54) is 0 Å². The monoisotopic (exact) mass is 586 g/mol. The summed E-state index contributed by atoms with van der Waals surface area (Å²) < 4.78 is 16.9. The predicted molar refractivity (Wildman–Crippen MR) is 160 cm³/mol. The van der Waals surface area contributed by atoms with E-state index in [1.807, 2.05) is 76.8 Å². The Bertz CT molecular complexity index is 1300. The fraction of sp³-hybridized carbons (Fsp3) is 0.548. The van der Waals surface area contributed by atoms with Crippen LogP contribution in [0.15, 0.2) is 30.4 Å². The maximum atomic E-state index is 12.9. The second kappa shape index (κ2) is 13.2. The lowest BCUT2D eigenvalue weighted by atomic mass is 10.0. The summed E-state index contributed by atoms with van der Waals surface area (Å²) in [5.74, 6) is -0.104. The molecule has 1 aliphatic rings. The van der Waals surface area contributed by atoms with Crippen LogP contribution < -0.4 is 4.74 Å². The van der Waals surface area contributed by atoms with Crippen LogP contribution in [0.25, 0.3) is 5.70 Å². The Labute approximate surface area is 248 Å². The Kier molecular flexibility index (Phi) is 10.4. The number of hydrogen-bond donors (Lipinski definition) is 0. The highest BCUT2D eigenvalue weighted by molar-refractivity contribution is 6.22. The molecule has 2 aromatic rings. The number of carbonyl (C=O) groups is 2. The summed E-state index contributed by atoms with van der Waals surface area (Å²) in [6.07, 6.45) is 6.57. The van der Waals surface area contributed by atoms with Gasteiger partial charge in [-0.2, -0.15) is 15.0 Å². The maximum absolute atomic E-state index is 12.9. The minimum atomic E-state index is -1.13. The van der Waals surface area contributed by atoms with E-state index in [9.17, 15) is 9.59 Å². The zero-order chi connectivity index (χ0) is 30.5. The van der Waals surface area contributed by atoms with Crippen molar-refractivity contribution in [2.45, 2.75) is 98.4 Å².